The molecular weight excluding hydrogens is 454 g/mol. The molecule has 0 atom stereocenters. The Morgan fingerprint density at radius 2 is 0.808 bits per heavy atom. The van der Waals surface area contributed by atoms with E-state index in [1.165, 1.54) is 33.4 Å². The van der Waals surface area contributed by atoms with Gasteiger partial charge in [-0.2, -0.15) is 22.3 Å². The molecule has 0 nitrogen and oxygen atoms in total. The minimum atomic E-state index is 0. The Balaban J connectivity index is -0.000000147. The van der Waals surface area contributed by atoms with Crippen molar-refractivity contribution >= 4 is 34.3 Å². The summed E-state index contributed by atoms with van der Waals surface area (Å²) in [7, 11) is 0.750. The van der Waals surface area contributed by atoms with Crippen LogP contribution in [0, 0.1) is 23.0 Å². The third kappa shape index (κ3) is 9.22. The molecule has 0 heterocycles. The summed E-state index contributed by atoms with van der Waals surface area (Å²) in [5.74, 6) is 0. The molecule has 0 aromatic carbocycles. The van der Waals surface area contributed by atoms with Gasteiger partial charge in [0.25, 0.3) is 0 Å². The summed E-state index contributed by atoms with van der Waals surface area (Å²) >= 11 is 0. The van der Waals surface area contributed by atoms with E-state index in [0.29, 0.717) is 0 Å². The Hall–Kier alpha value is 0.640. The monoisotopic (exact) mass is 491 g/mol. The first-order chi connectivity index (χ1) is 10.3. The molecule has 26 heavy (non-hydrogen) atoms. The fourth-order valence-electron chi connectivity index (χ4n) is 2.81. The van der Waals surface area contributed by atoms with E-state index in [4.69, 9.17) is 0 Å². The van der Waals surface area contributed by atoms with Gasteiger partial charge in [-0.05, 0) is 0 Å². The van der Waals surface area contributed by atoms with Gasteiger partial charge in [0, 0.05) is 9.52 Å². The Kier molecular flexibility index (Phi) is 18.1. The summed E-state index contributed by atoms with van der Waals surface area (Å²) in [6, 6.07) is 0. The Morgan fingerprint density at radius 3 is 0.846 bits per heavy atom. The fraction of sp³-hybridized carbons (Fsp3) is 0.636. The average molecular weight is 494 g/mol. The fourth-order valence-corrected chi connectivity index (χ4v) is 2.81. The van der Waals surface area contributed by atoms with Crippen molar-refractivity contribution < 1.29 is 26.2 Å². The van der Waals surface area contributed by atoms with E-state index in [9.17, 15) is 0 Å². The van der Waals surface area contributed by atoms with Crippen LogP contribution in [0.5, 0.6) is 0 Å². The van der Waals surface area contributed by atoms with E-state index in [1.807, 2.05) is 0 Å². The van der Waals surface area contributed by atoms with Crippen molar-refractivity contribution in [3.05, 3.63) is 45.6 Å². The van der Waals surface area contributed by atoms with Crippen LogP contribution in [0.4, 0.5) is 0 Å². The first-order valence-corrected chi connectivity index (χ1v) is 11.0. The molecule has 2 aliphatic carbocycles. The summed E-state index contributed by atoms with van der Waals surface area (Å²) in [4.78, 5) is 0. The molecule has 0 saturated carbocycles. The molecule has 4 heteroatoms. The van der Waals surface area contributed by atoms with Gasteiger partial charge in [0.1, 0.15) is 0 Å². The quantitative estimate of drug-likeness (QED) is 0.241. The van der Waals surface area contributed by atoms with Gasteiger partial charge in [-0.15, -0.1) is 38.7 Å². The first kappa shape index (κ1) is 34.2. The van der Waals surface area contributed by atoms with Crippen LogP contribution < -0.4 is 0 Å². The minimum absolute atomic E-state index is 0. The second-order valence-corrected chi connectivity index (χ2v) is 8.98. The van der Waals surface area contributed by atoms with E-state index in [-0.39, 0.29) is 61.8 Å². The molecule has 1 radical (unpaired) electrons. The Bertz CT molecular complexity index is 515. The van der Waals surface area contributed by atoms with Crippen LogP contribution in [0.2, 0.25) is 13.1 Å². The van der Waals surface area contributed by atoms with Crippen molar-refractivity contribution in [1.29, 1.82) is 0 Å². The van der Waals surface area contributed by atoms with E-state index >= 15 is 0 Å². The summed E-state index contributed by atoms with van der Waals surface area (Å²) in [6.45, 7) is 26.3. The molecule has 0 aromatic rings. The van der Waals surface area contributed by atoms with Crippen molar-refractivity contribution in [1.82, 2.24) is 0 Å². The number of allylic oxidation sites excluding steroid dienone is 8. The summed E-state index contributed by atoms with van der Waals surface area (Å²) in [5.41, 5.74) is 8.79. The second-order valence-electron chi connectivity index (χ2n) is 7.83. The number of hydrogen-bond donors (Lipinski definition) is 0. The van der Waals surface area contributed by atoms with E-state index < -0.39 is 0 Å². The number of halogens is 2. The van der Waals surface area contributed by atoms with Gasteiger partial charge in [-0.25, -0.2) is 11.1 Å². The summed E-state index contributed by atoms with van der Waals surface area (Å²) in [5, 5.41) is 0. The van der Waals surface area contributed by atoms with Crippen LogP contribution in [-0.2, 0) is 26.2 Å². The first-order valence-electron chi connectivity index (χ1n) is 8.65. The Labute approximate surface area is 198 Å². The van der Waals surface area contributed by atoms with Gasteiger partial charge in [-0.1, -0.05) is 79.3 Å². The zero-order valence-corrected chi connectivity index (χ0v) is 24.1. The molecule has 0 bridgehead atoms. The molecule has 2 aliphatic rings. The molecule has 0 saturated heterocycles. The zero-order chi connectivity index (χ0) is 18.6. The maximum atomic E-state index is 3.44. The number of rotatable bonds is 0. The predicted molar refractivity (Wildman–Crippen MR) is 123 cm³/mol. The standard InChI is InChI=1S/2C10H15.C2H7Si.2ClH.Zr/c2*1-7-6-10(4,5)9(3)8(7)2;1-3-2;;;/h2*1-5H3;3H,1-2H3;2*1H;/q2*-1;;;;+2. The Morgan fingerprint density at radius 1 is 0.615 bits per heavy atom. The summed E-state index contributed by atoms with van der Waals surface area (Å²) < 4.78 is 0. The second kappa shape index (κ2) is 13.8. The molecule has 0 unspecified atom stereocenters. The van der Waals surface area contributed by atoms with Crippen molar-refractivity contribution in [3.63, 3.8) is 0 Å². The topological polar surface area (TPSA) is 0 Å². The molecule has 149 valence electrons. The normalized spacial score (nSPS) is 18.8. The molecule has 0 amide bonds. The van der Waals surface area contributed by atoms with Gasteiger partial charge in [0.05, 0.1) is 0 Å². The molecule has 0 spiro atoms. The van der Waals surface area contributed by atoms with Gasteiger partial charge >= 0.3 is 26.2 Å². The third-order valence-electron chi connectivity index (χ3n) is 5.12. The molecular formula is C22H39Cl2SiZr. The largest absolute Gasteiger partial charge is 2.00 e. The van der Waals surface area contributed by atoms with Crippen LogP contribution in [0.15, 0.2) is 33.4 Å². The average Bonchev–Trinajstić information content (AvgIpc) is 2.71. The van der Waals surface area contributed by atoms with Crippen LogP contribution in [0.1, 0.15) is 69.2 Å². The van der Waals surface area contributed by atoms with E-state index in [0.717, 1.165) is 9.52 Å². The molecule has 0 fully saturated rings. The van der Waals surface area contributed by atoms with Gasteiger partial charge in [-0.3, -0.25) is 12.2 Å². The number of hydrogen-bond acceptors (Lipinski definition) is 0. The smallest absolute Gasteiger partial charge is 0.263 e. The van der Waals surface area contributed by atoms with Crippen LogP contribution >= 0.6 is 24.8 Å². The SMILES string of the molecule is CC1=[C-]C(C)(C)C(C)=C1C.CC1=[C-]C(C)(C)C(C)=C1C.C[SiH]C.Cl.Cl.[Zr+2]. The van der Waals surface area contributed by atoms with Crippen LogP contribution in [-0.4, -0.2) is 9.52 Å². The zero-order valence-electron chi connectivity index (χ0n) is 18.9. The molecule has 0 aromatic heterocycles. The van der Waals surface area contributed by atoms with Gasteiger partial charge < -0.3 is 0 Å². The van der Waals surface area contributed by atoms with Gasteiger partial charge in [0.2, 0.25) is 0 Å². The predicted octanol–water partition coefficient (Wildman–Crippen LogP) is 7.58. The van der Waals surface area contributed by atoms with Crippen LogP contribution in [0.3, 0.4) is 0 Å². The molecule has 0 N–H and O–H groups in total. The minimum Gasteiger partial charge on any atom is -0.263 e. The third-order valence-corrected chi connectivity index (χ3v) is 5.12. The van der Waals surface area contributed by atoms with Crippen molar-refractivity contribution in [2.24, 2.45) is 10.8 Å². The van der Waals surface area contributed by atoms with Crippen molar-refractivity contribution in [2.45, 2.75) is 82.3 Å². The van der Waals surface area contributed by atoms with Crippen molar-refractivity contribution in [3.8, 4) is 0 Å². The maximum Gasteiger partial charge on any atom is 2.00 e. The van der Waals surface area contributed by atoms with Gasteiger partial charge in [0.15, 0.2) is 0 Å². The van der Waals surface area contributed by atoms with Crippen molar-refractivity contribution in [2.75, 3.05) is 0 Å². The molecule has 2 rings (SSSR count). The maximum absolute atomic E-state index is 3.44. The van der Waals surface area contributed by atoms with Crippen LogP contribution in [0.25, 0.3) is 0 Å². The summed E-state index contributed by atoms with van der Waals surface area (Å²) in [6.07, 6.45) is 6.87. The van der Waals surface area contributed by atoms with E-state index in [1.54, 1.807) is 0 Å². The molecule has 0 aliphatic heterocycles. The van der Waals surface area contributed by atoms with E-state index in [2.05, 4.69) is 94.5 Å².